The maximum atomic E-state index is 15.7. The van der Waals surface area contributed by atoms with Gasteiger partial charge in [-0.25, -0.2) is 0 Å². The van der Waals surface area contributed by atoms with Crippen LogP contribution in [0.5, 0.6) is 0 Å². The average Bonchev–Trinajstić information content (AvgIpc) is 3.79. The molecule has 6 rings (SSSR count). The monoisotopic (exact) mass is 1010 g/mol. The van der Waals surface area contributed by atoms with Gasteiger partial charge in [0.25, 0.3) is 0 Å². The molecule has 3 aromatic rings. The first-order chi connectivity index (χ1) is 34.6. The summed E-state index contributed by atoms with van der Waals surface area (Å²) in [5, 5.41) is 18.1. The third kappa shape index (κ3) is 13.5. The molecule has 1 aliphatic carbocycles. The summed E-state index contributed by atoms with van der Waals surface area (Å²) >= 11 is 0. The highest BCUT2D eigenvalue weighted by Gasteiger charge is 2.48. The van der Waals surface area contributed by atoms with Crippen LogP contribution in [-0.2, 0) is 57.7 Å². The lowest BCUT2D eigenvalue weighted by molar-refractivity contribution is -0.153. The molecule has 6 N–H and O–H groups in total. The molecule has 1 fully saturated rings. The van der Waals surface area contributed by atoms with E-state index in [4.69, 9.17) is 4.74 Å². The van der Waals surface area contributed by atoms with Crippen LogP contribution < -0.4 is 31.9 Å². The Morgan fingerprint density at radius 1 is 0.699 bits per heavy atom. The van der Waals surface area contributed by atoms with E-state index in [1.807, 2.05) is 114 Å². The number of carbonyl (C=O) groups is 7. The fourth-order valence-corrected chi connectivity index (χ4v) is 10.2. The third-order valence-electron chi connectivity index (χ3n) is 14.7. The number of carbonyl (C=O) groups excluding carboxylic acids is 7. The molecule has 9 atom stereocenters. The summed E-state index contributed by atoms with van der Waals surface area (Å²) in [6.07, 6.45) is 2.70. The largest absolute Gasteiger partial charge is 0.382 e. The topological polar surface area (TPSA) is 211 Å². The molecular weight excluding hydrogens is 927 g/mol. The van der Waals surface area contributed by atoms with Gasteiger partial charge in [-0.3, -0.25) is 33.6 Å². The van der Waals surface area contributed by atoms with Gasteiger partial charge >= 0.3 is 0 Å². The van der Waals surface area contributed by atoms with Crippen LogP contribution in [0.25, 0.3) is 0 Å². The first kappa shape index (κ1) is 56.1. The quantitative estimate of drug-likeness (QED) is 0.109. The third-order valence-corrected chi connectivity index (χ3v) is 14.7. The van der Waals surface area contributed by atoms with Gasteiger partial charge in [0.05, 0.1) is 30.8 Å². The van der Waals surface area contributed by atoms with Crippen LogP contribution in [0.2, 0.25) is 0 Å². The molecule has 0 spiro atoms. The first-order valence-electron chi connectivity index (χ1n) is 25.7. The van der Waals surface area contributed by atoms with E-state index in [9.17, 15) is 24.0 Å². The van der Waals surface area contributed by atoms with Crippen LogP contribution in [0, 0.1) is 10.8 Å². The molecule has 0 saturated carbocycles. The molecule has 17 nitrogen and oxygen atoms in total. The van der Waals surface area contributed by atoms with Crippen molar-refractivity contribution in [2.45, 2.75) is 148 Å². The maximum Gasteiger partial charge on any atom is 0.246 e. The molecule has 396 valence electrons. The van der Waals surface area contributed by atoms with Crippen LogP contribution in [0.1, 0.15) is 115 Å². The standard InChI is InChI=1S/C56H79N9O8/c1-34(57-9)49(67)61-47(55(3,4)5)53(71)63-30-39-24-16-15-23-38(39)28-44(63)52(70)65(45(33-73-11)37-21-13-12-14-22-37)32-46(66)59-40-29-43(51(69)60-42-27-19-25-36-20-17-18-26-41(36)42)64(31-40)54(72)48(56(6,7)8)62-50(68)35(2)58-10/h12-18,20-24,26,34-35,40,42-45,47-48,57-58H,19,25,27-33H2,1-11H3,(H,59,66)(H,60,69)(H,61,67)(H,62,68)/t34-,35-,40-,42+,43-,44-,45+,47+,48+/m0/s1. The number of aryl methyl sites for hydroxylation is 1. The van der Waals surface area contributed by atoms with Gasteiger partial charge in [0.2, 0.25) is 41.4 Å². The highest BCUT2D eigenvalue weighted by atomic mass is 16.5. The van der Waals surface area contributed by atoms with Crippen LogP contribution in [0.15, 0.2) is 78.9 Å². The number of methoxy groups -OCH3 is 1. The molecule has 0 aromatic heterocycles. The molecule has 2 heterocycles. The van der Waals surface area contributed by atoms with E-state index < -0.39 is 89.3 Å². The molecule has 1 saturated heterocycles. The molecule has 17 heteroatoms. The average molecular weight is 1010 g/mol. The van der Waals surface area contributed by atoms with Gasteiger partial charge in [0.1, 0.15) is 30.7 Å². The van der Waals surface area contributed by atoms with Crippen molar-refractivity contribution in [2.24, 2.45) is 10.8 Å². The van der Waals surface area contributed by atoms with E-state index in [0.29, 0.717) is 5.56 Å². The normalized spacial score (nSPS) is 20.8. The van der Waals surface area contributed by atoms with E-state index in [1.165, 1.54) is 21.8 Å². The second-order valence-electron chi connectivity index (χ2n) is 22.1. The van der Waals surface area contributed by atoms with Crippen LogP contribution >= 0.6 is 0 Å². The summed E-state index contributed by atoms with van der Waals surface area (Å²) in [5.74, 6) is -3.07. The summed E-state index contributed by atoms with van der Waals surface area (Å²) in [4.78, 5) is 106. The highest BCUT2D eigenvalue weighted by molar-refractivity contribution is 5.96. The van der Waals surface area contributed by atoms with Crippen molar-refractivity contribution in [1.82, 2.24) is 46.6 Å². The number of likely N-dealkylation sites (N-methyl/N-ethyl adjacent to an activating group) is 2. The molecule has 0 bridgehead atoms. The summed E-state index contributed by atoms with van der Waals surface area (Å²) in [6.45, 7) is 14.1. The van der Waals surface area contributed by atoms with Gasteiger partial charge in [0.15, 0.2) is 0 Å². The number of fused-ring (bicyclic) bond motifs is 2. The SMILES string of the molecule is CN[C@@H](C)C(=O)N[C@H](C(=O)N1C[C@@H](NC(=O)CN(C(=O)[C@@H]2Cc3ccccc3CN2C(=O)[C@@H](NC(=O)[C@H](C)NC)C(C)(C)C)[C@H](COC)c2ccccc2)C[C@H]1C(=O)N[C@@H]1CCCc2ccccc21)C(C)(C)C. The second kappa shape index (κ2) is 24.2. The predicted molar refractivity (Wildman–Crippen MR) is 279 cm³/mol. The number of amides is 7. The number of nitrogens with one attached hydrogen (secondary N) is 6. The summed E-state index contributed by atoms with van der Waals surface area (Å²) in [7, 11) is 4.83. The van der Waals surface area contributed by atoms with Crippen LogP contribution in [0.3, 0.4) is 0 Å². The van der Waals surface area contributed by atoms with E-state index >= 15 is 9.59 Å². The van der Waals surface area contributed by atoms with E-state index in [1.54, 1.807) is 27.9 Å². The Labute approximate surface area is 431 Å². The number of nitrogens with zero attached hydrogens (tertiary/aromatic N) is 3. The van der Waals surface area contributed by atoms with Crippen molar-refractivity contribution in [3.05, 3.63) is 107 Å². The molecular formula is C56H79N9O8. The van der Waals surface area contributed by atoms with Gasteiger partial charge in [-0.1, -0.05) is 120 Å². The molecule has 3 aliphatic rings. The van der Waals surface area contributed by atoms with Crippen molar-refractivity contribution in [2.75, 3.05) is 40.9 Å². The molecule has 2 aliphatic heterocycles. The lowest BCUT2D eigenvalue weighted by atomic mass is 9.84. The zero-order chi connectivity index (χ0) is 53.4. The molecule has 0 unspecified atom stereocenters. The zero-order valence-electron chi connectivity index (χ0n) is 44.7. The Bertz CT molecular complexity index is 2450. The number of hydrogen-bond donors (Lipinski definition) is 6. The Morgan fingerprint density at radius 2 is 1.25 bits per heavy atom. The molecule has 0 radical (unpaired) electrons. The van der Waals surface area contributed by atoms with E-state index in [0.717, 1.165) is 41.5 Å². The minimum atomic E-state index is -1.09. The van der Waals surface area contributed by atoms with Gasteiger partial charge in [-0.05, 0) is 92.3 Å². The van der Waals surface area contributed by atoms with Gasteiger partial charge in [-0.15, -0.1) is 0 Å². The Balaban J connectivity index is 1.34. The van der Waals surface area contributed by atoms with E-state index in [-0.39, 0.29) is 56.3 Å². The fraction of sp³-hybridized carbons (Fsp3) is 0.554. The number of benzene rings is 3. The number of hydrogen-bond acceptors (Lipinski definition) is 10. The van der Waals surface area contributed by atoms with Gasteiger partial charge in [0, 0.05) is 32.7 Å². The first-order valence-corrected chi connectivity index (χ1v) is 25.7. The summed E-state index contributed by atoms with van der Waals surface area (Å²) in [6, 6.07) is 17.7. The van der Waals surface area contributed by atoms with E-state index in [2.05, 4.69) is 38.0 Å². The van der Waals surface area contributed by atoms with Crippen molar-refractivity contribution < 1.29 is 38.3 Å². The molecule has 73 heavy (non-hydrogen) atoms. The van der Waals surface area contributed by atoms with Crippen molar-refractivity contribution in [3.63, 3.8) is 0 Å². The lowest BCUT2D eigenvalue weighted by Crippen LogP contribution is -2.62. The highest BCUT2D eigenvalue weighted by Crippen LogP contribution is 2.34. The minimum absolute atomic E-state index is 0.00714. The number of rotatable bonds is 18. The fourth-order valence-electron chi connectivity index (χ4n) is 10.2. The Hall–Kier alpha value is -6.17. The molecule has 3 aromatic carbocycles. The number of likely N-dealkylation sites (tertiary alicyclic amines) is 1. The van der Waals surface area contributed by atoms with Crippen molar-refractivity contribution >= 4 is 41.4 Å². The Kier molecular flexibility index (Phi) is 18.6. The Morgan fingerprint density at radius 3 is 1.82 bits per heavy atom. The van der Waals surface area contributed by atoms with Crippen molar-refractivity contribution in [1.29, 1.82) is 0 Å². The summed E-state index contributed by atoms with van der Waals surface area (Å²) in [5.41, 5.74) is 3.09. The smallest absolute Gasteiger partial charge is 0.246 e. The van der Waals surface area contributed by atoms with Crippen LogP contribution in [0.4, 0.5) is 0 Å². The summed E-state index contributed by atoms with van der Waals surface area (Å²) < 4.78 is 5.76. The predicted octanol–water partition coefficient (Wildman–Crippen LogP) is 3.71. The minimum Gasteiger partial charge on any atom is -0.382 e. The van der Waals surface area contributed by atoms with Crippen LogP contribution in [-0.4, -0.2) is 139 Å². The lowest BCUT2D eigenvalue weighted by Gasteiger charge is -2.43. The maximum absolute atomic E-state index is 15.7. The second-order valence-corrected chi connectivity index (χ2v) is 22.1. The molecule has 7 amide bonds. The zero-order valence-corrected chi connectivity index (χ0v) is 44.7. The van der Waals surface area contributed by atoms with Crippen molar-refractivity contribution in [3.8, 4) is 0 Å². The van der Waals surface area contributed by atoms with Gasteiger partial charge in [-0.2, -0.15) is 0 Å². The number of ether oxygens (including phenoxy) is 1. The van der Waals surface area contributed by atoms with Gasteiger partial charge < -0.3 is 51.3 Å².